The number of hydrogen-bond donors (Lipinski definition) is 1. The second kappa shape index (κ2) is 10.3. The third-order valence-corrected chi connectivity index (χ3v) is 4.78. The Balaban J connectivity index is 1.55. The Bertz CT molecular complexity index is 923. The lowest BCUT2D eigenvalue weighted by Gasteiger charge is -2.14. The molecule has 150 valence electrons. The second-order valence-corrected chi connectivity index (χ2v) is 7.19. The largest absolute Gasteiger partial charge is 0.490 e. The van der Waals surface area contributed by atoms with Crippen LogP contribution in [0.15, 0.2) is 72.8 Å². The first-order chi connectivity index (χ1) is 14.0. The Labute approximate surface area is 179 Å². The van der Waals surface area contributed by atoms with E-state index in [1.54, 1.807) is 36.4 Å². The van der Waals surface area contributed by atoms with E-state index in [4.69, 9.17) is 32.7 Å². The number of carbonyl (C=O) groups excluding carboxylic acids is 1. The van der Waals surface area contributed by atoms with Crippen LogP contribution in [0.25, 0.3) is 0 Å². The highest BCUT2D eigenvalue weighted by molar-refractivity contribution is 6.37. The molecule has 0 spiro atoms. The number of halogens is 2. The van der Waals surface area contributed by atoms with E-state index in [1.807, 2.05) is 36.4 Å². The summed E-state index contributed by atoms with van der Waals surface area (Å²) in [7, 11) is 0. The summed E-state index contributed by atoms with van der Waals surface area (Å²) in [6.45, 7) is 0.477. The van der Waals surface area contributed by atoms with Crippen molar-refractivity contribution < 1.29 is 19.4 Å². The zero-order chi connectivity index (χ0) is 20.6. The van der Waals surface area contributed by atoms with Gasteiger partial charge in [0, 0.05) is 24.1 Å². The van der Waals surface area contributed by atoms with E-state index in [2.05, 4.69) is 0 Å². The molecule has 0 heterocycles. The van der Waals surface area contributed by atoms with Crippen LogP contribution in [0.1, 0.15) is 22.3 Å². The number of aliphatic hydroxyl groups excluding tert-OH is 1. The van der Waals surface area contributed by atoms with E-state index in [0.717, 1.165) is 5.56 Å². The molecule has 0 aliphatic rings. The minimum atomic E-state index is -1.16. The molecule has 6 heteroatoms. The molecule has 0 saturated carbocycles. The van der Waals surface area contributed by atoms with Crippen LogP contribution < -0.4 is 9.47 Å². The maximum absolute atomic E-state index is 12.2. The van der Waals surface area contributed by atoms with Gasteiger partial charge < -0.3 is 14.6 Å². The van der Waals surface area contributed by atoms with E-state index >= 15 is 0 Å². The Morgan fingerprint density at radius 2 is 1.48 bits per heavy atom. The fraction of sp³-hybridized carbons (Fsp3) is 0.174. The van der Waals surface area contributed by atoms with Crippen molar-refractivity contribution in [3.63, 3.8) is 0 Å². The molecule has 29 heavy (non-hydrogen) atoms. The van der Waals surface area contributed by atoms with Crippen LogP contribution in [-0.4, -0.2) is 23.6 Å². The minimum absolute atomic E-state index is 0.0867. The first kappa shape index (κ1) is 21.2. The maximum atomic E-state index is 12.2. The molecule has 1 atom stereocenters. The molecule has 4 nitrogen and oxygen atoms in total. The molecule has 0 aromatic heterocycles. The summed E-state index contributed by atoms with van der Waals surface area (Å²) < 4.78 is 11.3. The number of rotatable bonds is 9. The molecule has 0 fully saturated rings. The second-order valence-electron chi connectivity index (χ2n) is 6.37. The Morgan fingerprint density at radius 1 is 0.897 bits per heavy atom. The zero-order valence-electron chi connectivity index (χ0n) is 15.6. The average Bonchev–Trinajstić information content (AvgIpc) is 2.75. The quantitative estimate of drug-likeness (QED) is 0.449. The predicted molar refractivity (Wildman–Crippen MR) is 114 cm³/mol. The average molecular weight is 431 g/mol. The van der Waals surface area contributed by atoms with Crippen LogP contribution in [0.3, 0.4) is 0 Å². The number of ketones is 1. The number of aliphatic hydroxyl groups is 1. The molecule has 0 saturated heterocycles. The van der Waals surface area contributed by atoms with Crippen LogP contribution in [0.5, 0.6) is 11.5 Å². The number of ether oxygens (including phenoxy) is 2. The lowest BCUT2D eigenvalue weighted by molar-refractivity contribution is 0.0696. The highest BCUT2D eigenvalue weighted by Gasteiger charge is 2.18. The molecule has 0 aliphatic heterocycles. The molecule has 3 aromatic carbocycles. The molecule has 3 aromatic rings. The third-order valence-electron chi connectivity index (χ3n) is 4.22. The van der Waals surface area contributed by atoms with Gasteiger partial charge in [0.15, 0.2) is 11.5 Å². The minimum Gasteiger partial charge on any atom is -0.490 e. The van der Waals surface area contributed by atoms with Gasteiger partial charge in [-0.1, -0.05) is 83.9 Å². The third kappa shape index (κ3) is 5.97. The molecule has 0 bridgehead atoms. The standard InChI is InChI=1S/C23H20Cl2O4/c24-19-13-18(29-15-16-7-3-1-4-8-16)14-20(25)23(19)28-12-11-21(26)22(27)17-9-5-2-6-10-17/h1-10,13-14,21,26H,11-12,15H2. The number of hydrogen-bond acceptors (Lipinski definition) is 4. The van der Waals surface area contributed by atoms with Gasteiger partial charge in [0.2, 0.25) is 0 Å². The van der Waals surface area contributed by atoms with Gasteiger partial charge in [-0.15, -0.1) is 0 Å². The highest BCUT2D eigenvalue weighted by Crippen LogP contribution is 2.37. The van der Waals surface area contributed by atoms with Crippen molar-refractivity contribution >= 4 is 29.0 Å². The van der Waals surface area contributed by atoms with Crippen LogP contribution in [0.4, 0.5) is 0 Å². The van der Waals surface area contributed by atoms with Crippen LogP contribution >= 0.6 is 23.2 Å². The van der Waals surface area contributed by atoms with E-state index in [-0.39, 0.29) is 18.8 Å². The summed E-state index contributed by atoms with van der Waals surface area (Å²) in [5, 5.41) is 10.7. The molecule has 3 rings (SSSR count). The molecule has 1 N–H and O–H groups in total. The maximum Gasteiger partial charge on any atom is 0.191 e. The molecule has 0 radical (unpaired) electrons. The monoisotopic (exact) mass is 430 g/mol. The lowest BCUT2D eigenvalue weighted by Crippen LogP contribution is -2.23. The first-order valence-electron chi connectivity index (χ1n) is 9.10. The van der Waals surface area contributed by atoms with Gasteiger partial charge in [-0.3, -0.25) is 4.79 Å². The van der Waals surface area contributed by atoms with E-state index in [1.165, 1.54) is 0 Å². The molecule has 0 amide bonds. The fourth-order valence-electron chi connectivity index (χ4n) is 2.70. The van der Waals surface area contributed by atoms with Gasteiger partial charge in [0.05, 0.1) is 16.7 Å². The number of Topliss-reactive ketones (excluding diaryl/α,β-unsaturated/α-hetero) is 1. The van der Waals surface area contributed by atoms with Gasteiger partial charge in [-0.2, -0.15) is 0 Å². The van der Waals surface area contributed by atoms with Crippen molar-refractivity contribution in [1.29, 1.82) is 0 Å². The Kier molecular flexibility index (Phi) is 7.53. The van der Waals surface area contributed by atoms with Crippen molar-refractivity contribution in [2.24, 2.45) is 0 Å². The van der Waals surface area contributed by atoms with Gasteiger partial charge >= 0.3 is 0 Å². The number of benzene rings is 3. The highest BCUT2D eigenvalue weighted by atomic mass is 35.5. The molecular formula is C23H20Cl2O4. The van der Waals surface area contributed by atoms with E-state index in [0.29, 0.717) is 33.7 Å². The van der Waals surface area contributed by atoms with Crippen LogP contribution in [-0.2, 0) is 6.61 Å². The van der Waals surface area contributed by atoms with Crippen molar-refractivity contribution in [2.75, 3.05) is 6.61 Å². The van der Waals surface area contributed by atoms with Gasteiger partial charge in [0.25, 0.3) is 0 Å². The summed E-state index contributed by atoms with van der Waals surface area (Å²) in [4.78, 5) is 12.2. The van der Waals surface area contributed by atoms with Gasteiger partial charge in [0.1, 0.15) is 18.5 Å². The summed E-state index contributed by atoms with van der Waals surface area (Å²) >= 11 is 12.5. The lowest BCUT2D eigenvalue weighted by atomic mass is 10.0. The Morgan fingerprint density at radius 3 is 2.10 bits per heavy atom. The topological polar surface area (TPSA) is 55.8 Å². The van der Waals surface area contributed by atoms with Crippen molar-refractivity contribution in [3.8, 4) is 11.5 Å². The molecule has 0 aliphatic carbocycles. The number of carbonyl (C=O) groups is 1. The Hall–Kier alpha value is -2.53. The summed E-state index contributed by atoms with van der Waals surface area (Å²) in [5.41, 5.74) is 1.48. The summed E-state index contributed by atoms with van der Waals surface area (Å²) in [6.07, 6.45) is -1.05. The smallest absolute Gasteiger partial charge is 0.191 e. The van der Waals surface area contributed by atoms with Gasteiger partial charge in [-0.05, 0) is 5.56 Å². The van der Waals surface area contributed by atoms with Crippen molar-refractivity contribution in [1.82, 2.24) is 0 Å². The molecular weight excluding hydrogens is 411 g/mol. The van der Waals surface area contributed by atoms with E-state index < -0.39 is 6.10 Å². The predicted octanol–water partition coefficient (Wildman–Crippen LogP) is 5.59. The van der Waals surface area contributed by atoms with E-state index in [9.17, 15) is 9.90 Å². The fourth-order valence-corrected chi connectivity index (χ4v) is 3.27. The SMILES string of the molecule is O=C(c1ccccc1)C(O)CCOc1c(Cl)cc(OCc2ccccc2)cc1Cl. The normalized spacial score (nSPS) is 11.7. The van der Waals surface area contributed by atoms with Gasteiger partial charge in [-0.25, -0.2) is 0 Å². The van der Waals surface area contributed by atoms with Crippen molar-refractivity contribution in [2.45, 2.75) is 19.1 Å². The van der Waals surface area contributed by atoms with Crippen LogP contribution in [0.2, 0.25) is 10.0 Å². The summed E-state index contributed by atoms with van der Waals surface area (Å²) in [6, 6.07) is 21.6. The van der Waals surface area contributed by atoms with Crippen LogP contribution in [0, 0.1) is 0 Å². The summed E-state index contributed by atoms with van der Waals surface area (Å²) in [5.74, 6) is 0.464. The first-order valence-corrected chi connectivity index (χ1v) is 9.86. The zero-order valence-corrected chi connectivity index (χ0v) is 17.1. The molecule has 1 unspecified atom stereocenters. The van der Waals surface area contributed by atoms with Crippen molar-refractivity contribution in [3.05, 3.63) is 94.0 Å².